The van der Waals surface area contributed by atoms with E-state index in [2.05, 4.69) is 10.1 Å². The van der Waals surface area contributed by atoms with Gasteiger partial charge in [-0.2, -0.15) is 8.78 Å². The van der Waals surface area contributed by atoms with Crippen molar-refractivity contribution in [3.05, 3.63) is 65.7 Å². The third-order valence-electron chi connectivity index (χ3n) is 3.72. The van der Waals surface area contributed by atoms with Gasteiger partial charge in [0, 0.05) is 17.3 Å². The number of ether oxygens (including phenoxy) is 2. The number of benzene rings is 2. The molecule has 1 unspecified atom stereocenters. The number of alkyl halides is 2. The van der Waals surface area contributed by atoms with Gasteiger partial charge in [-0.3, -0.25) is 9.59 Å². The van der Waals surface area contributed by atoms with E-state index in [1.807, 2.05) is 0 Å². The number of amides is 1. The summed E-state index contributed by atoms with van der Waals surface area (Å²) < 4.78 is 33.5. The molecule has 0 bridgehead atoms. The maximum atomic E-state index is 12.2. The van der Waals surface area contributed by atoms with Crippen molar-refractivity contribution < 1.29 is 32.6 Å². The van der Waals surface area contributed by atoms with E-state index in [9.17, 15) is 23.2 Å². The van der Waals surface area contributed by atoms with Crippen LogP contribution in [0.1, 0.15) is 29.8 Å². The van der Waals surface area contributed by atoms with Gasteiger partial charge in [0.25, 0.3) is 5.91 Å². The molecule has 0 aliphatic carbocycles. The minimum absolute atomic E-state index is 0.00105. The Hall–Kier alpha value is -3.55. The number of hydrogen-bond acceptors (Lipinski definition) is 5. The summed E-state index contributed by atoms with van der Waals surface area (Å²) >= 11 is 0. The Labute approximate surface area is 166 Å². The molecule has 2 aromatic carbocycles. The van der Waals surface area contributed by atoms with Crippen molar-refractivity contribution in [3.8, 4) is 5.75 Å². The molecular formula is C21H19F2NO5. The second-order valence-electron chi connectivity index (χ2n) is 5.99. The zero-order valence-corrected chi connectivity index (χ0v) is 15.7. The van der Waals surface area contributed by atoms with Crippen molar-refractivity contribution in [3.63, 3.8) is 0 Å². The average Bonchev–Trinajstić information content (AvgIpc) is 2.67. The summed E-state index contributed by atoms with van der Waals surface area (Å²) in [5.74, 6) is -1.45. The SMILES string of the molecule is CC(=O)c1cccc(NC(=O)C(C)OC(=O)/C=C/c2ccc(OC(F)F)cc2)c1. The Balaban J connectivity index is 1.89. The predicted octanol–water partition coefficient (Wildman–Crippen LogP) is 4.07. The summed E-state index contributed by atoms with van der Waals surface area (Å²) in [6, 6.07) is 12.0. The van der Waals surface area contributed by atoms with Crippen LogP contribution in [0.15, 0.2) is 54.6 Å². The van der Waals surface area contributed by atoms with E-state index in [1.165, 1.54) is 50.3 Å². The van der Waals surface area contributed by atoms with Crippen LogP contribution >= 0.6 is 0 Å². The molecule has 0 fully saturated rings. The molecule has 2 rings (SSSR count). The van der Waals surface area contributed by atoms with Crippen LogP contribution in [0.5, 0.6) is 5.75 Å². The van der Waals surface area contributed by atoms with E-state index in [0.717, 1.165) is 6.08 Å². The van der Waals surface area contributed by atoms with Gasteiger partial charge in [-0.25, -0.2) is 4.79 Å². The molecule has 8 heteroatoms. The van der Waals surface area contributed by atoms with Crippen molar-refractivity contribution in [1.82, 2.24) is 0 Å². The lowest BCUT2D eigenvalue weighted by Crippen LogP contribution is -2.29. The van der Waals surface area contributed by atoms with Gasteiger partial charge < -0.3 is 14.8 Å². The number of carbonyl (C=O) groups is 3. The average molecular weight is 403 g/mol. The molecule has 2 aromatic rings. The van der Waals surface area contributed by atoms with Gasteiger partial charge in [0.1, 0.15) is 5.75 Å². The van der Waals surface area contributed by atoms with E-state index >= 15 is 0 Å². The highest BCUT2D eigenvalue weighted by atomic mass is 19.3. The lowest BCUT2D eigenvalue weighted by molar-refractivity contribution is -0.148. The second-order valence-corrected chi connectivity index (χ2v) is 5.99. The molecule has 0 radical (unpaired) electrons. The quantitative estimate of drug-likeness (QED) is 0.408. The van der Waals surface area contributed by atoms with Crippen LogP contribution in [0.25, 0.3) is 6.08 Å². The third-order valence-corrected chi connectivity index (χ3v) is 3.72. The lowest BCUT2D eigenvalue weighted by atomic mass is 10.1. The van der Waals surface area contributed by atoms with Crippen LogP contribution < -0.4 is 10.1 Å². The second kappa shape index (κ2) is 10.1. The fraction of sp³-hybridized carbons (Fsp3) is 0.190. The Bertz CT molecular complexity index is 910. The number of ketones is 1. The van der Waals surface area contributed by atoms with Gasteiger partial charge in [-0.1, -0.05) is 24.3 Å². The van der Waals surface area contributed by atoms with Crippen LogP contribution in [0, 0.1) is 0 Å². The highest BCUT2D eigenvalue weighted by Crippen LogP contribution is 2.16. The molecule has 0 aliphatic rings. The molecule has 6 nitrogen and oxygen atoms in total. The number of anilines is 1. The standard InChI is InChI=1S/C21H19F2NO5/c1-13(25)16-4-3-5-17(12-16)24-20(27)14(2)28-19(26)11-8-15-6-9-18(10-7-15)29-21(22)23/h3-12,14,21H,1-2H3,(H,24,27)/b11-8+. The summed E-state index contributed by atoms with van der Waals surface area (Å²) in [7, 11) is 0. The van der Waals surface area contributed by atoms with E-state index in [0.29, 0.717) is 16.8 Å². The van der Waals surface area contributed by atoms with E-state index in [4.69, 9.17) is 4.74 Å². The molecule has 1 amide bonds. The molecule has 1 N–H and O–H groups in total. The molecule has 0 saturated carbocycles. The lowest BCUT2D eigenvalue weighted by Gasteiger charge is -2.12. The monoisotopic (exact) mass is 403 g/mol. The maximum Gasteiger partial charge on any atom is 0.387 e. The maximum absolute atomic E-state index is 12.2. The summed E-state index contributed by atoms with van der Waals surface area (Å²) in [6.07, 6.45) is 1.45. The molecule has 152 valence electrons. The number of nitrogens with one attached hydrogen (secondary N) is 1. The molecule has 0 saturated heterocycles. The van der Waals surface area contributed by atoms with E-state index < -0.39 is 24.6 Å². The topological polar surface area (TPSA) is 81.7 Å². The smallest absolute Gasteiger partial charge is 0.387 e. The first kappa shape index (κ1) is 21.7. The largest absolute Gasteiger partial charge is 0.449 e. The zero-order chi connectivity index (χ0) is 21.4. The zero-order valence-electron chi connectivity index (χ0n) is 15.7. The van der Waals surface area contributed by atoms with Crippen molar-refractivity contribution in [1.29, 1.82) is 0 Å². The molecule has 0 aliphatic heterocycles. The number of rotatable bonds is 8. The first-order valence-corrected chi connectivity index (χ1v) is 8.60. The van der Waals surface area contributed by atoms with Crippen molar-refractivity contribution in [2.24, 2.45) is 0 Å². The van der Waals surface area contributed by atoms with E-state index in [-0.39, 0.29) is 11.5 Å². The number of hydrogen-bond donors (Lipinski definition) is 1. The van der Waals surface area contributed by atoms with Gasteiger partial charge >= 0.3 is 12.6 Å². The summed E-state index contributed by atoms with van der Waals surface area (Å²) in [6.45, 7) is -0.0902. The van der Waals surface area contributed by atoms with Gasteiger partial charge in [-0.15, -0.1) is 0 Å². The first-order valence-electron chi connectivity index (χ1n) is 8.60. The van der Waals surface area contributed by atoms with Gasteiger partial charge in [0.2, 0.25) is 0 Å². The first-order chi connectivity index (χ1) is 13.7. The van der Waals surface area contributed by atoms with Crippen molar-refractivity contribution in [2.75, 3.05) is 5.32 Å². The normalized spacial score (nSPS) is 11.9. The number of esters is 1. The number of halogens is 2. The Kier molecular flexibility index (Phi) is 7.59. The molecule has 0 spiro atoms. The van der Waals surface area contributed by atoms with Crippen LogP contribution in [-0.4, -0.2) is 30.4 Å². The van der Waals surface area contributed by atoms with Gasteiger partial charge in [0.05, 0.1) is 0 Å². The minimum atomic E-state index is -2.91. The van der Waals surface area contributed by atoms with Crippen molar-refractivity contribution >= 4 is 29.4 Å². The summed E-state index contributed by atoms with van der Waals surface area (Å²) in [4.78, 5) is 35.4. The number of Topliss-reactive ketones (excluding diaryl/α,β-unsaturated/α-hetero) is 1. The fourth-order valence-electron chi connectivity index (χ4n) is 2.25. The van der Waals surface area contributed by atoms with Crippen molar-refractivity contribution in [2.45, 2.75) is 26.6 Å². The third kappa shape index (κ3) is 7.17. The molecule has 0 aromatic heterocycles. The fourth-order valence-corrected chi connectivity index (χ4v) is 2.25. The molecule has 1 atom stereocenters. The molecule has 29 heavy (non-hydrogen) atoms. The Morgan fingerprint density at radius 2 is 1.76 bits per heavy atom. The van der Waals surface area contributed by atoms with E-state index in [1.54, 1.807) is 18.2 Å². The molecule has 0 heterocycles. The van der Waals surface area contributed by atoms with Gasteiger partial charge in [-0.05, 0) is 49.8 Å². The Morgan fingerprint density at radius 3 is 2.38 bits per heavy atom. The highest BCUT2D eigenvalue weighted by Gasteiger charge is 2.17. The Morgan fingerprint density at radius 1 is 1.07 bits per heavy atom. The van der Waals surface area contributed by atoms with Crippen LogP contribution in [0.3, 0.4) is 0 Å². The van der Waals surface area contributed by atoms with Crippen LogP contribution in [0.4, 0.5) is 14.5 Å². The predicted molar refractivity (Wildman–Crippen MR) is 103 cm³/mol. The molecular weight excluding hydrogens is 384 g/mol. The summed E-state index contributed by atoms with van der Waals surface area (Å²) in [5.41, 5.74) is 1.41. The highest BCUT2D eigenvalue weighted by molar-refractivity contribution is 5.99. The van der Waals surface area contributed by atoms with Crippen LogP contribution in [0.2, 0.25) is 0 Å². The summed E-state index contributed by atoms with van der Waals surface area (Å²) in [5, 5.41) is 2.57. The minimum Gasteiger partial charge on any atom is -0.449 e. The van der Waals surface area contributed by atoms with Crippen LogP contribution in [-0.2, 0) is 14.3 Å². The van der Waals surface area contributed by atoms with Gasteiger partial charge in [0.15, 0.2) is 11.9 Å². The number of carbonyl (C=O) groups excluding carboxylic acids is 3.